The van der Waals surface area contributed by atoms with Gasteiger partial charge in [0.1, 0.15) is 18.9 Å². The van der Waals surface area contributed by atoms with Crippen LogP contribution in [0.15, 0.2) is 84.0 Å². The van der Waals surface area contributed by atoms with E-state index in [2.05, 4.69) is 15.3 Å². The Morgan fingerprint density at radius 1 is 1.06 bits per heavy atom. The maximum atomic E-state index is 12.6. The number of pyridine rings is 1. The molecule has 0 fully saturated rings. The Bertz CT molecular complexity index is 1250. The van der Waals surface area contributed by atoms with Gasteiger partial charge in [-0.3, -0.25) is 19.1 Å². The van der Waals surface area contributed by atoms with Crippen molar-refractivity contribution < 1.29 is 9.53 Å². The summed E-state index contributed by atoms with van der Waals surface area (Å²) in [4.78, 5) is 33.6. The van der Waals surface area contributed by atoms with Gasteiger partial charge in [-0.1, -0.05) is 30.3 Å². The standard InChI is InChI=1S/C24H22N4O3/c1-17(18-7-6-9-20(13-18)31-15-19-8-4-5-12-25-19)27-23(29)14-28-16-26-22-11-3-2-10-21(22)24(28)30/h2-13,16-17H,14-15H2,1H3,(H,27,29). The highest BCUT2D eigenvalue weighted by atomic mass is 16.5. The lowest BCUT2D eigenvalue weighted by Crippen LogP contribution is -2.34. The lowest BCUT2D eigenvalue weighted by Gasteiger charge is -2.16. The quantitative estimate of drug-likeness (QED) is 0.502. The van der Waals surface area contributed by atoms with Gasteiger partial charge in [0.25, 0.3) is 5.56 Å². The van der Waals surface area contributed by atoms with Crippen LogP contribution >= 0.6 is 0 Å². The van der Waals surface area contributed by atoms with Gasteiger partial charge in [-0.15, -0.1) is 0 Å². The monoisotopic (exact) mass is 414 g/mol. The molecule has 0 saturated carbocycles. The van der Waals surface area contributed by atoms with Crippen molar-refractivity contribution in [1.82, 2.24) is 19.9 Å². The minimum Gasteiger partial charge on any atom is -0.487 e. The first-order valence-electron chi connectivity index (χ1n) is 9.96. The molecule has 0 radical (unpaired) electrons. The van der Waals surface area contributed by atoms with E-state index in [4.69, 9.17) is 4.74 Å². The Balaban J connectivity index is 1.40. The van der Waals surface area contributed by atoms with Crippen LogP contribution in [0.2, 0.25) is 0 Å². The Hall–Kier alpha value is -4.00. The third-order valence-corrected chi connectivity index (χ3v) is 4.89. The van der Waals surface area contributed by atoms with Crippen molar-refractivity contribution in [2.24, 2.45) is 0 Å². The van der Waals surface area contributed by atoms with Crippen molar-refractivity contribution in [2.75, 3.05) is 0 Å². The minimum absolute atomic E-state index is 0.100. The van der Waals surface area contributed by atoms with E-state index < -0.39 is 0 Å². The first-order chi connectivity index (χ1) is 15.1. The molecule has 2 aromatic carbocycles. The van der Waals surface area contributed by atoms with Crippen LogP contribution < -0.4 is 15.6 Å². The summed E-state index contributed by atoms with van der Waals surface area (Å²) in [5, 5.41) is 3.42. The minimum atomic E-state index is -0.272. The molecule has 1 amide bonds. The van der Waals surface area contributed by atoms with Crippen molar-refractivity contribution >= 4 is 16.8 Å². The average Bonchev–Trinajstić information content (AvgIpc) is 2.80. The lowest BCUT2D eigenvalue weighted by atomic mass is 10.1. The molecule has 0 saturated heterocycles. The maximum Gasteiger partial charge on any atom is 0.261 e. The van der Waals surface area contributed by atoms with E-state index >= 15 is 0 Å². The van der Waals surface area contributed by atoms with Gasteiger partial charge in [-0.25, -0.2) is 4.98 Å². The fourth-order valence-electron chi connectivity index (χ4n) is 3.26. The van der Waals surface area contributed by atoms with Gasteiger partial charge < -0.3 is 10.1 Å². The van der Waals surface area contributed by atoms with Crippen LogP contribution in [0, 0.1) is 0 Å². The highest BCUT2D eigenvalue weighted by molar-refractivity contribution is 5.79. The zero-order chi connectivity index (χ0) is 21.6. The smallest absolute Gasteiger partial charge is 0.261 e. The fraction of sp³-hybridized carbons (Fsp3) is 0.167. The molecule has 156 valence electrons. The van der Waals surface area contributed by atoms with Crippen LogP contribution in [-0.4, -0.2) is 20.4 Å². The molecule has 2 heterocycles. The number of aromatic nitrogens is 3. The molecule has 7 heteroatoms. The van der Waals surface area contributed by atoms with Crippen LogP contribution in [0.5, 0.6) is 5.75 Å². The molecule has 0 aliphatic heterocycles. The third-order valence-electron chi connectivity index (χ3n) is 4.89. The number of rotatable bonds is 7. The van der Waals surface area contributed by atoms with Crippen LogP contribution in [0.3, 0.4) is 0 Å². The van der Waals surface area contributed by atoms with E-state index in [-0.39, 0.29) is 24.1 Å². The molecule has 0 spiro atoms. The summed E-state index contributed by atoms with van der Waals surface area (Å²) < 4.78 is 7.13. The highest BCUT2D eigenvalue weighted by Crippen LogP contribution is 2.20. The van der Waals surface area contributed by atoms with E-state index in [1.165, 1.54) is 10.9 Å². The van der Waals surface area contributed by atoms with Gasteiger partial charge in [0.05, 0.1) is 29.0 Å². The molecular weight excluding hydrogens is 392 g/mol. The summed E-state index contributed by atoms with van der Waals surface area (Å²) in [6.45, 7) is 2.15. The van der Waals surface area contributed by atoms with Crippen LogP contribution in [0.4, 0.5) is 0 Å². The van der Waals surface area contributed by atoms with Crippen molar-refractivity contribution in [1.29, 1.82) is 0 Å². The van der Waals surface area contributed by atoms with E-state index in [1.54, 1.807) is 24.4 Å². The molecule has 31 heavy (non-hydrogen) atoms. The summed E-state index contributed by atoms with van der Waals surface area (Å²) in [7, 11) is 0. The first kappa shape index (κ1) is 20.3. The Morgan fingerprint density at radius 3 is 2.74 bits per heavy atom. The SMILES string of the molecule is CC(NC(=O)Cn1cnc2ccccc2c1=O)c1cccc(OCc2ccccn2)c1. The van der Waals surface area contributed by atoms with Gasteiger partial charge in [0, 0.05) is 6.20 Å². The van der Waals surface area contributed by atoms with Gasteiger partial charge in [-0.05, 0) is 48.9 Å². The van der Waals surface area contributed by atoms with Crippen LogP contribution in [0.25, 0.3) is 10.9 Å². The summed E-state index contributed by atoms with van der Waals surface area (Å²) in [5.41, 5.74) is 2.11. The summed E-state index contributed by atoms with van der Waals surface area (Å²) in [6.07, 6.45) is 3.13. The summed E-state index contributed by atoms with van der Waals surface area (Å²) in [5.74, 6) is 0.422. The largest absolute Gasteiger partial charge is 0.487 e. The lowest BCUT2D eigenvalue weighted by molar-refractivity contribution is -0.122. The molecular formula is C24H22N4O3. The average molecular weight is 414 g/mol. The van der Waals surface area contributed by atoms with Crippen LogP contribution in [-0.2, 0) is 17.9 Å². The molecule has 0 bridgehead atoms. The number of ether oxygens (including phenoxy) is 1. The number of para-hydroxylation sites is 1. The third kappa shape index (κ3) is 4.95. The predicted molar refractivity (Wildman–Crippen MR) is 118 cm³/mol. The molecule has 7 nitrogen and oxygen atoms in total. The van der Waals surface area contributed by atoms with Crippen molar-refractivity contribution in [2.45, 2.75) is 26.1 Å². The van der Waals surface area contributed by atoms with E-state index in [0.29, 0.717) is 23.3 Å². The van der Waals surface area contributed by atoms with Crippen molar-refractivity contribution in [3.63, 3.8) is 0 Å². The zero-order valence-electron chi connectivity index (χ0n) is 17.1. The molecule has 4 aromatic rings. The number of hydrogen-bond acceptors (Lipinski definition) is 5. The van der Waals surface area contributed by atoms with E-state index in [1.807, 2.05) is 55.5 Å². The predicted octanol–water partition coefficient (Wildman–Crippen LogP) is 3.25. The van der Waals surface area contributed by atoms with Gasteiger partial charge >= 0.3 is 0 Å². The second kappa shape index (κ2) is 9.21. The number of benzene rings is 2. The number of carbonyl (C=O) groups is 1. The number of hydrogen-bond donors (Lipinski definition) is 1. The van der Waals surface area contributed by atoms with Crippen molar-refractivity contribution in [3.05, 3.63) is 101 Å². The number of amides is 1. The van der Waals surface area contributed by atoms with E-state index in [0.717, 1.165) is 11.3 Å². The normalized spacial score (nSPS) is 11.8. The molecule has 1 N–H and O–H groups in total. The highest BCUT2D eigenvalue weighted by Gasteiger charge is 2.13. The number of carbonyl (C=O) groups excluding carboxylic acids is 1. The number of nitrogens with zero attached hydrogens (tertiary/aromatic N) is 3. The molecule has 0 aliphatic rings. The Morgan fingerprint density at radius 2 is 1.90 bits per heavy atom. The second-order valence-electron chi connectivity index (χ2n) is 7.17. The molecule has 1 unspecified atom stereocenters. The van der Waals surface area contributed by atoms with Crippen molar-refractivity contribution in [3.8, 4) is 5.75 Å². The van der Waals surface area contributed by atoms with Gasteiger partial charge in [0.2, 0.25) is 5.91 Å². The van der Waals surface area contributed by atoms with Gasteiger partial charge in [0.15, 0.2) is 0 Å². The Kier molecular flexibility index (Phi) is 6.03. The maximum absolute atomic E-state index is 12.6. The molecule has 4 rings (SSSR count). The summed E-state index contributed by atoms with van der Waals surface area (Å²) >= 11 is 0. The molecule has 1 atom stereocenters. The van der Waals surface area contributed by atoms with E-state index in [9.17, 15) is 9.59 Å². The zero-order valence-corrected chi connectivity index (χ0v) is 17.1. The first-order valence-corrected chi connectivity index (χ1v) is 9.96. The molecule has 0 aliphatic carbocycles. The summed E-state index contributed by atoms with van der Waals surface area (Å²) in [6, 6.07) is 20.0. The van der Waals surface area contributed by atoms with Gasteiger partial charge in [-0.2, -0.15) is 0 Å². The topological polar surface area (TPSA) is 86.1 Å². The number of fused-ring (bicyclic) bond motifs is 1. The number of nitrogens with one attached hydrogen (secondary N) is 1. The fourth-order valence-corrected chi connectivity index (χ4v) is 3.26. The Labute approximate surface area is 179 Å². The molecule has 2 aromatic heterocycles. The second-order valence-corrected chi connectivity index (χ2v) is 7.17. The van der Waals surface area contributed by atoms with Crippen LogP contribution in [0.1, 0.15) is 24.2 Å².